The van der Waals surface area contributed by atoms with E-state index < -0.39 is 20.6 Å². The van der Waals surface area contributed by atoms with Gasteiger partial charge in [-0.15, -0.1) is 0 Å². The number of nitrogens with zero attached hydrogens (tertiary/aromatic N) is 1. The molecule has 0 saturated carbocycles. The predicted molar refractivity (Wildman–Crippen MR) is 97.0 cm³/mol. The minimum absolute atomic E-state index is 0.0426. The summed E-state index contributed by atoms with van der Waals surface area (Å²) < 4.78 is 31.4. The first-order valence-corrected chi connectivity index (χ1v) is 9.12. The lowest BCUT2D eigenvalue weighted by Gasteiger charge is -2.26. The van der Waals surface area contributed by atoms with Gasteiger partial charge in [-0.25, -0.2) is 13.4 Å². The van der Waals surface area contributed by atoms with Crippen molar-refractivity contribution in [2.75, 3.05) is 7.11 Å². The molecule has 3 rings (SSSR count). The predicted octanol–water partition coefficient (Wildman–Crippen LogP) is 1.31. The molecule has 0 aliphatic carbocycles. The van der Waals surface area contributed by atoms with Crippen LogP contribution in [0, 0.1) is 0 Å². The van der Waals surface area contributed by atoms with Crippen LogP contribution in [-0.4, -0.2) is 26.4 Å². The number of pyridine rings is 1. The van der Waals surface area contributed by atoms with Gasteiger partial charge in [-0.3, -0.25) is 4.79 Å². The van der Waals surface area contributed by atoms with Crippen LogP contribution in [0.4, 0.5) is 0 Å². The fourth-order valence-corrected chi connectivity index (χ4v) is 4.27. The Kier molecular flexibility index (Phi) is 4.39. The third-order valence-electron chi connectivity index (χ3n) is 4.20. The maximum atomic E-state index is 13.2. The molecule has 0 aliphatic heterocycles. The summed E-state index contributed by atoms with van der Waals surface area (Å²) in [6.07, 6.45) is 1.17. The Morgan fingerprint density at radius 2 is 1.77 bits per heavy atom. The highest BCUT2D eigenvalue weighted by molar-refractivity contribution is 7.93. The van der Waals surface area contributed by atoms with E-state index in [-0.39, 0.29) is 16.3 Å². The van der Waals surface area contributed by atoms with Crippen molar-refractivity contribution >= 4 is 26.5 Å². The topological polar surface area (TPSA) is 125 Å². The second-order valence-electron chi connectivity index (χ2n) is 5.70. The van der Waals surface area contributed by atoms with E-state index in [2.05, 4.69) is 4.98 Å². The van der Waals surface area contributed by atoms with Crippen molar-refractivity contribution in [3.8, 4) is 5.88 Å². The zero-order chi connectivity index (χ0) is 18.9. The third-order valence-corrected chi connectivity index (χ3v) is 6.35. The minimum atomic E-state index is -4.34. The van der Waals surface area contributed by atoms with Gasteiger partial charge in [0, 0.05) is 17.8 Å². The van der Waals surface area contributed by atoms with Gasteiger partial charge in [0.15, 0.2) is 0 Å². The average molecular weight is 371 g/mol. The smallest absolute Gasteiger partial charge is 0.258 e. The summed E-state index contributed by atoms with van der Waals surface area (Å²) in [6, 6.07) is 14.5. The highest BCUT2D eigenvalue weighted by atomic mass is 32.2. The number of hydrogen-bond acceptors (Lipinski definition) is 6. The lowest BCUT2D eigenvalue weighted by Crippen LogP contribution is -2.55. The molecule has 0 fully saturated rings. The maximum Gasteiger partial charge on any atom is 0.258 e. The van der Waals surface area contributed by atoms with Crippen LogP contribution >= 0.6 is 0 Å². The molecule has 8 heteroatoms. The average Bonchev–Trinajstić information content (AvgIpc) is 2.66. The highest BCUT2D eigenvalue weighted by Crippen LogP contribution is 2.32. The number of fused-ring (bicyclic) bond motifs is 1. The van der Waals surface area contributed by atoms with Gasteiger partial charge in [0.2, 0.25) is 20.6 Å². The second kappa shape index (κ2) is 6.40. The van der Waals surface area contributed by atoms with Crippen LogP contribution in [0.15, 0.2) is 65.7 Å². The van der Waals surface area contributed by atoms with Gasteiger partial charge in [0.05, 0.1) is 12.0 Å². The van der Waals surface area contributed by atoms with Crippen LogP contribution in [0.5, 0.6) is 5.88 Å². The van der Waals surface area contributed by atoms with Gasteiger partial charge in [-0.1, -0.05) is 30.3 Å². The van der Waals surface area contributed by atoms with E-state index >= 15 is 0 Å². The summed E-state index contributed by atoms with van der Waals surface area (Å²) in [4.78, 5) is 13.5. The van der Waals surface area contributed by atoms with Crippen molar-refractivity contribution in [3.05, 3.63) is 66.4 Å². The van der Waals surface area contributed by atoms with Gasteiger partial charge in [0.1, 0.15) is 0 Å². The maximum absolute atomic E-state index is 13.2. The molecule has 0 saturated heterocycles. The van der Waals surface area contributed by atoms with E-state index in [0.29, 0.717) is 5.39 Å². The van der Waals surface area contributed by atoms with Crippen molar-refractivity contribution in [1.82, 2.24) is 4.98 Å². The molecule has 134 valence electrons. The molecule has 0 spiro atoms. The molecule has 0 radical (unpaired) electrons. The van der Waals surface area contributed by atoms with Crippen molar-refractivity contribution in [3.63, 3.8) is 0 Å². The van der Waals surface area contributed by atoms with E-state index in [0.717, 1.165) is 5.39 Å². The summed E-state index contributed by atoms with van der Waals surface area (Å²) in [5.74, 6) is -0.943. The molecular formula is C18H17N3O4S. The lowest BCUT2D eigenvalue weighted by molar-refractivity contribution is -0.120. The van der Waals surface area contributed by atoms with Crippen molar-refractivity contribution in [1.29, 1.82) is 0 Å². The molecule has 1 heterocycles. The van der Waals surface area contributed by atoms with Crippen LogP contribution in [0.3, 0.4) is 0 Å². The number of rotatable bonds is 5. The molecule has 1 atom stereocenters. The molecule has 3 aromatic rings. The van der Waals surface area contributed by atoms with Crippen LogP contribution in [0.1, 0.15) is 5.56 Å². The van der Waals surface area contributed by atoms with E-state index in [9.17, 15) is 13.2 Å². The number of benzene rings is 2. The number of aromatic nitrogens is 1. The Labute approximate surface area is 150 Å². The largest absolute Gasteiger partial charge is 0.481 e. The van der Waals surface area contributed by atoms with Crippen LogP contribution in [0.2, 0.25) is 0 Å². The Balaban J connectivity index is 2.19. The highest BCUT2D eigenvalue weighted by Gasteiger charge is 2.49. The number of carbonyl (C=O) groups is 1. The third kappa shape index (κ3) is 2.69. The molecule has 1 aromatic heterocycles. The number of ether oxygens (including phenoxy) is 1. The first-order valence-electron chi connectivity index (χ1n) is 7.63. The van der Waals surface area contributed by atoms with E-state index in [1.807, 2.05) is 12.1 Å². The van der Waals surface area contributed by atoms with E-state index in [1.54, 1.807) is 18.2 Å². The zero-order valence-corrected chi connectivity index (χ0v) is 14.7. The fourth-order valence-electron chi connectivity index (χ4n) is 2.67. The van der Waals surface area contributed by atoms with Gasteiger partial charge in [-0.2, -0.15) is 0 Å². The lowest BCUT2D eigenvalue weighted by atomic mass is 10.1. The number of nitrogens with two attached hydrogens (primary N) is 2. The number of amides is 1. The number of primary amides is 1. The molecule has 0 bridgehead atoms. The molecule has 4 N–H and O–H groups in total. The Morgan fingerprint density at radius 3 is 2.35 bits per heavy atom. The van der Waals surface area contributed by atoms with Crippen LogP contribution in [-0.2, 0) is 19.5 Å². The van der Waals surface area contributed by atoms with Crippen molar-refractivity contribution in [2.45, 2.75) is 9.77 Å². The molecule has 1 unspecified atom stereocenters. The van der Waals surface area contributed by atoms with Gasteiger partial charge in [0.25, 0.3) is 5.91 Å². The number of carbonyl (C=O) groups excluding carboxylic acids is 1. The van der Waals surface area contributed by atoms with Gasteiger partial charge in [-0.05, 0) is 29.0 Å². The monoisotopic (exact) mass is 371 g/mol. The summed E-state index contributed by atoms with van der Waals surface area (Å²) in [5, 5.41) is 1.56. The number of methoxy groups -OCH3 is 1. The first kappa shape index (κ1) is 17.8. The molecule has 0 aliphatic rings. The summed E-state index contributed by atoms with van der Waals surface area (Å²) in [6.45, 7) is 0. The molecule has 26 heavy (non-hydrogen) atoms. The van der Waals surface area contributed by atoms with E-state index in [4.69, 9.17) is 16.2 Å². The quantitative estimate of drug-likeness (QED) is 0.696. The normalized spacial score (nSPS) is 13.9. The minimum Gasteiger partial charge on any atom is -0.481 e. The summed E-state index contributed by atoms with van der Waals surface area (Å²) in [5.41, 5.74) is 11.4. The standard InChI is InChI=1S/C18H17N3O4S/c1-25-16-9-7-14(11-21-16)18(20,17(19)22)26(23,24)15-8-6-12-4-2-3-5-13(12)10-15/h2-11H,20H2,1H3,(H2,19,22). The van der Waals surface area contributed by atoms with Gasteiger partial charge >= 0.3 is 0 Å². The summed E-state index contributed by atoms with van der Waals surface area (Å²) >= 11 is 0. The zero-order valence-electron chi connectivity index (χ0n) is 13.9. The Bertz CT molecular complexity index is 1080. The van der Waals surface area contributed by atoms with Crippen LogP contribution in [0.25, 0.3) is 10.8 Å². The number of hydrogen-bond donors (Lipinski definition) is 2. The Hall–Kier alpha value is -2.97. The molecule has 2 aromatic carbocycles. The fraction of sp³-hybridized carbons (Fsp3) is 0.111. The molecule has 7 nitrogen and oxygen atoms in total. The first-order chi connectivity index (χ1) is 12.3. The SMILES string of the molecule is COc1ccc(C(N)(C(N)=O)S(=O)(=O)c2ccc3ccccc3c2)cn1. The van der Waals surface area contributed by atoms with E-state index in [1.165, 1.54) is 37.6 Å². The van der Waals surface area contributed by atoms with Crippen molar-refractivity contribution in [2.24, 2.45) is 11.5 Å². The molecule has 1 amide bonds. The second-order valence-corrected chi connectivity index (χ2v) is 7.82. The van der Waals surface area contributed by atoms with Crippen molar-refractivity contribution < 1.29 is 17.9 Å². The summed E-state index contributed by atoms with van der Waals surface area (Å²) in [7, 11) is -2.93. The molecular weight excluding hydrogens is 354 g/mol. The van der Waals surface area contributed by atoms with Crippen LogP contribution < -0.4 is 16.2 Å². The Morgan fingerprint density at radius 1 is 1.08 bits per heavy atom. The van der Waals surface area contributed by atoms with Gasteiger partial charge < -0.3 is 16.2 Å². The number of sulfone groups is 1.